The number of aromatic amines is 1. The predicted molar refractivity (Wildman–Crippen MR) is 179 cm³/mol. The van der Waals surface area contributed by atoms with E-state index in [1.54, 1.807) is 48.2 Å². The first kappa shape index (κ1) is 29.8. The van der Waals surface area contributed by atoms with Crippen molar-refractivity contribution in [2.45, 2.75) is 22.6 Å². The second-order valence-electron chi connectivity index (χ2n) is 12.0. The number of hydrogen-bond donors (Lipinski definition) is 3. The van der Waals surface area contributed by atoms with Crippen molar-refractivity contribution in [1.82, 2.24) is 4.98 Å². The number of hydrogen-bond acceptors (Lipinski definition) is 8. The van der Waals surface area contributed by atoms with Gasteiger partial charge in [0.05, 0.1) is 22.5 Å². The number of thioether (sulfide) groups is 1. The lowest BCUT2D eigenvalue weighted by Gasteiger charge is -2.43. The summed E-state index contributed by atoms with van der Waals surface area (Å²) < 4.78 is 6.98. The van der Waals surface area contributed by atoms with E-state index in [1.165, 1.54) is 17.0 Å². The number of benzene rings is 3. The van der Waals surface area contributed by atoms with Crippen LogP contribution in [0, 0.1) is 29.6 Å². The van der Waals surface area contributed by atoms with E-state index in [9.17, 15) is 24.3 Å². The van der Waals surface area contributed by atoms with Crippen molar-refractivity contribution < 1.29 is 24.2 Å². The van der Waals surface area contributed by atoms with Crippen LogP contribution in [-0.4, -0.2) is 39.7 Å². The maximum Gasteiger partial charge on any atom is 0.305 e. The Morgan fingerprint density at radius 2 is 1.74 bits per heavy atom. The molecule has 3 heterocycles. The van der Waals surface area contributed by atoms with Gasteiger partial charge >= 0.3 is 4.87 Å². The molecule has 2 aliphatic heterocycles. The molecule has 0 spiro atoms. The molecule has 7 atom stereocenters. The average molecular weight is 739 g/mol. The monoisotopic (exact) mass is 737 g/mol. The van der Waals surface area contributed by atoms with Crippen LogP contribution in [0.4, 0.5) is 11.4 Å². The minimum Gasteiger partial charge on any atom is -0.508 e. The molecule has 4 aromatic rings. The minimum atomic E-state index is -0.456. The number of aromatic hydroxyl groups is 1. The molecule has 3 fully saturated rings. The van der Waals surface area contributed by atoms with Gasteiger partial charge in [-0.25, -0.2) is 0 Å². The normalized spacial score (nSPS) is 27.3. The average Bonchev–Trinajstić information content (AvgIpc) is 3.77. The molecule has 4 unspecified atom stereocenters. The molecular weight excluding hydrogens is 714 g/mol. The summed E-state index contributed by atoms with van der Waals surface area (Å²) in [6, 6.07) is 18.6. The van der Waals surface area contributed by atoms with Crippen molar-refractivity contribution in [1.29, 1.82) is 0 Å². The van der Waals surface area contributed by atoms with Crippen LogP contribution in [0.25, 0.3) is 0 Å². The van der Waals surface area contributed by atoms with Gasteiger partial charge in [-0.2, -0.15) is 0 Å². The van der Waals surface area contributed by atoms with E-state index in [0.717, 1.165) is 37.7 Å². The minimum absolute atomic E-state index is 0.0137. The molecule has 13 heteroatoms. The van der Waals surface area contributed by atoms with E-state index in [2.05, 4.69) is 26.2 Å². The number of thiazole rings is 1. The first-order chi connectivity index (χ1) is 22.2. The molecular formula is C33H25BrClN3O6S2. The van der Waals surface area contributed by atoms with Gasteiger partial charge in [0, 0.05) is 36.8 Å². The van der Waals surface area contributed by atoms with Crippen LogP contribution < -0.4 is 19.8 Å². The number of fused-ring (bicyclic) bond motifs is 9. The molecule has 1 aromatic heterocycles. The Bertz CT molecular complexity index is 1970. The number of carbonyl (C=O) groups excluding carboxylic acids is 3. The van der Waals surface area contributed by atoms with Crippen LogP contribution >= 0.6 is 50.6 Å². The summed E-state index contributed by atoms with van der Waals surface area (Å²) in [5, 5.41) is 13.5. The number of ether oxygens (including phenoxy) is 1. The Morgan fingerprint density at radius 1 is 1.02 bits per heavy atom. The number of halogens is 2. The fourth-order valence-corrected chi connectivity index (χ4v) is 11.3. The lowest BCUT2D eigenvalue weighted by Crippen LogP contribution is -2.42. The molecule has 2 bridgehead atoms. The highest BCUT2D eigenvalue weighted by atomic mass is 79.9. The van der Waals surface area contributed by atoms with Crippen molar-refractivity contribution in [3.63, 3.8) is 0 Å². The Morgan fingerprint density at radius 3 is 2.48 bits per heavy atom. The van der Waals surface area contributed by atoms with Gasteiger partial charge in [-0.3, -0.25) is 24.1 Å². The van der Waals surface area contributed by atoms with Crippen molar-refractivity contribution in [3.05, 3.63) is 96.3 Å². The zero-order chi connectivity index (χ0) is 31.9. The molecule has 2 aliphatic carbocycles. The third-order valence-corrected chi connectivity index (χ3v) is 13.0. The first-order valence-electron chi connectivity index (χ1n) is 14.7. The van der Waals surface area contributed by atoms with E-state index < -0.39 is 11.8 Å². The van der Waals surface area contributed by atoms with Crippen LogP contribution in [0.1, 0.15) is 22.8 Å². The highest BCUT2D eigenvalue weighted by Crippen LogP contribution is 2.69. The van der Waals surface area contributed by atoms with Gasteiger partial charge in [-0.05, 0) is 90.9 Å². The van der Waals surface area contributed by atoms with E-state index in [4.69, 9.17) is 16.3 Å². The third kappa shape index (κ3) is 4.80. The summed E-state index contributed by atoms with van der Waals surface area (Å²) in [7, 11) is 0. The van der Waals surface area contributed by atoms with E-state index >= 15 is 0 Å². The molecule has 3 N–H and O–H groups in total. The Hall–Kier alpha value is -3.58. The van der Waals surface area contributed by atoms with Crippen LogP contribution in [0.15, 0.2) is 81.0 Å². The van der Waals surface area contributed by atoms with E-state index in [1.807, 2.05) is 18.2 Å². The van der Waals surface area contributed by atoms with Gasteiger partial charge in [0.2, 0.25) is 11.8 Å². The first-order valence-corrected chi connectivity index (χ1v) is 17.6. The fraction of sp³-hybridized carbons (Fsp3) is 0.273. The highest BCUT2D eigenvalue weighted by Gasteiger charge is 2.69. The molecule has 4 aliphatic rings. The Labute approximate surface area is 284 Å². The number of nitrogens with zero attached hydrogens (tertiary/aromatic N) is 1. The highest BCUT2D eigenvalue weighted by molar-refractivity contribution is 9.10. The van der Waals surface area contributed by atoms with Crippen molar-refractivity contribution in [2.24, 2.45) is 29.6 Å². The van der Waals surface area contributed by atoms with Crippen LogP contribution in [0.2, 0.25) is 5.02 Å². The summed E-state index contributed by atoms with van der Waals surface area (Å²) in [5.41, 5.74) is 1.82. The zero-order valence-corrected chi connectivity index (χ0v) is 27.8. The zero-order valence-electron chi connectivity index (χ0n) is 23.8. The van der Waals surface area contributed by atoms with Crippen LogP contribution in [0.3, 0.4) is 0 Å². The molecule has 0 radical (unpaired) electrons. The van der Waals surface area contributed by atoms with Gasteiger partial charge in [-0.15, -0.1) is 11.8 Å². The van der Waals surface area contributed by atoms with Gasteiger partial charge in [-0.1, -0.05) is 38.9 Å². The largest absolute Gasteiger partial charge is 0.508 e. The number of H-pyrrole nitrogens is 1. The van der Waals surface area contributed by atoms with Gasteiger partial charge in [0.1, 0.15) is 11.5 Å². The van der Waals surface area contributed by atoms with Gasteiger partial charge < -0.3 is 20.1 Å². The Kier molecular flexibility index (Phi) is 7.31. The fourth-order valence-electron chi connectivity index (χ4n) is 7.99. The molecule has 3 aromatic carbocycles. The second kappa shape index (κ2) is 11.3. The quantitative estimate of drug-likeness (QED) is 0.158. The van der Waals surface area contributed by atoms with Crippen molar-refractivity contribution in [3.8, 4) is 11.5 Å². The lowest BCUT2D eigenvalue weighted by molar-refractivity contribution is -0.123. The number of nitrogens with one attached hydrogen (secondary N) is 2. The van der Waals surface area contributed by atoms with E-state index in [-0.39, 0.29) is 63.9 Å². The maximum atomic E-state index is 14.0. The Balaban J connectivity index is 1.14. The summed E-state index contributed by atoms with van der Waals surface area (Å²) >= 11 is 12.7. The molecule has 9 nitrogen and oxygen atoms in total. The molecule has 2 saturated carbocycles. The van der Waals surface area contributed by atoms with Crippen molar-refractivity contribution in [2.75, 3.05) is 16.8 Å². The van der Waals surface area contributed by atoms with E-state index in [0.29, 0.717) is 22.1 Å². The summed E-state index contributed by atoms with van der Waals surface area (Å²) in [5.74, 6) is -1.58. The standard InChI is InChI=1S/C33H25BrClN3O6S2/c34-14-1-6-17(7-2-14)38-31(41)26-20-12-21(27(26)32(38)42)28-25(20)24(29-30(45-28)37-33(43)46-29)19-11-15(35)3-10-22(19)44-13-23(40)36-16-4-8-18(39)9-5-16/h1-11,20-21,24-28,39H,12-13H2,(H,36,40)(H,37,43)/t20-,21-,24-,25?,26?,27?,28?/m1/s1. The summed E-state index contributed by atoms with van der Waals surface area (Å²) in [6.45, 7) is -0.285. The molecule has 234 valence electrons. The number of amides is 3. The van der Waals surface area contributed by atoms with Crippen LogP contribution in [0.5, 0.6) is 11.5 Å². The lowest BCUT2D eigenvalue weighted by atomic mass is 9.68. The van der Waals surface area contributed by atoms with Gasteiger partial charge in [0.25, 0.3) is 5.91 Å². The van der Waals surface area contributed by atoms with Gasteiger partial charge in [0.15, 0.2) is 6.61 Å². The molecule has 1 saturated heterocycles. The molecule has 46 heavy (non-hydrogen) atoms. The smallest absolute Gasteiger partial charge is 0.305 e. The number of aromatic nitrogens is 1. The maximum absolute atomic E-state index is 14.0. The third-order valence-electron chi connectivity index (χ3n) is 9.63. The van der Waals surface area contributed by atoms with Crippen molar-refractivity contribution >= 4 is 79.7 Å². The number of phenols is 1. The SMILES string of the molecule is O=C(COc1ccc(Cl)cc1[C@H]1c2sc(=O)[nH]c2SC2C1[C@H]1C[C@@H]2C2C(=O)N(c3ccc(Br)cc3)C(=O)C21)Nc1ccc(O)cc1. The molecule has 8 rings (SSSR count). The second-order valence-corrected chi connectivity index (χ2v) is 15.6. The summed E-state index contributed by atoms with van der Waals surface area (Å²) in [6.07, 6.45) is 0.741. The topological polar surface area (TPSA) is 129 Å². The number of phenolic OH excluding ortho intramolecular Hbond substituents is 1. The van der Waals surface area contributed by atoms with Crippen LogP contribution in [-0.2, 0) is 14.4 Å². The predicted octanol–water partition coefficient (Wildman–Crippen LogP) is 6.25. The number of anilines is 2. The number of carbonyl (C=O) groups is 3. The number of imide groups is 1. The summed E-state index contributed by atoms with van der Waals surface area (Å²) in [4.78, 5) is 58.5. The number of rotatable bonds is 6. The molecule has 3 amide bonds.